The second-order valence-electron chi connectivity index (χ2n) is 12.4. The predicted molar refractivity (Wildman–Crippen MR) is 205 cm³/mol. The highest BCUT2D eigenvalue weighted by molar-refractivity contribution is 7.80. The van der Waals surface area contributed by atoms with Crippen LogP contribution < -0.4 is 24.3 Å². The fourth-order valence-electron chi connectivity index (χ4n) is 6.58. The van der Waals surface area contributed by atoms with Gasteiger partial charge < -0.3 is 53.3 Å². The number of amides is 2. The van der Waals surface area contributed by atoms with E-state index in [0.29, 0.717) is 45.6 Å². The minimum absolute atomic E-state index is 0.109. The molecule has 290 valence electrons. The topological polar surface area (TPSA) is 151 Å². The molecule has 0 saturated heterocycles. The van der Waals surface area contributed by atoms with Gasteiger partial charge in [0.25, 0.3) is 0 Å². The maximum atomic E-state index is 15.1. The van der Waals surface area contributed by atoms with Crippen molar-refractivity contribution in [3.63, 3.8) is 0 Å². The SMILES string of the molecule is C=CCOC(=O)N[C@@H](Cc1cc(C)c(OC)c(O)c1)C(=O)N1[C@H](C=O)C(S)c2c(OCC=C)c(C)c(OC)c(OCOC)c2[C@@H]1COCc1ccccc1. The molecule has 2 amide bonds. The average molecular weight is 765 g/mol. The molecule has 1 unspecified atom stereocenters. The van der Waals surface area contributed by atoms with Crippen molar-refractivity contribution >= 4 is 30.9 Å². The van der Waals surface area contributed by atoms with Crippen LogP contribution in [0.15, 0.2) is 67.8 Å². The van der Waals surface area contributed by atoms with Crippen LogP contribution in [0.25, 0.3) is 0 Å². The van der Waals surface area contributed by atoms with Gasteiger partial charge in [-0.15, -0.1) is 0 Å². The number of nitrogens with one attached hydrogen (secondary N) is 1. The van der Waals surface area contributed by atoms with E-state index in [1.807, 2.05) is 30.3 Å². The van der Waals surface area contributed by atoms with E-state index in [-0.39, 0.29) is 56.9 Å². The number of ether oxygens (including phenoxy) is 7. The Morgan fingerprint density at radius 3 is 2.26 bits per heavy atom. The molecule has 0 saturated carbocycles. The number of hydrogen-bond acceptors (Lipinski definition) is 12. The van der Waals surface area contributed by atoms with Gasteiger partial charge >= 0.3 is 6.09 Å². The first kappa shape index (κ1) is 41.6. The first-order chi connectivity index (χ1) is 26.1. The first-order valence-corrected chi connectivity index (χ1v) is 17.7. The van der Waals surface area contributed by atoms with Crippen molar-refractivity contribution in [2.75, 3.05) is 47.9 Å². The molecule has 0 aliphatic carbocycles. The number of aldehydes is 1. The molecule has 1 aliphatic heterocycles. The van der Waals surface area contributed by atoms with Crippen LogP contribution in [0.1, 0.15) is 44.7 Å². The normalized spacial score (nSPS) is 16.7. The quantitative estimate of drug-likeness (QED) is 0.0594. The summed E-state index contributed by atoms with van der Waals surface area (Å²) in [6, 6.07) is 9.08. The van der Waals surface area contributed by atoms with Crippen LogP contribution in [0, 0.1) is 13.8 Å². The van der Waals surface area contributed by atoms with Crippen molar-refractivity contribution in [2.45, 2.75) is 50.3 Å². The minimum atomic E-state index is -1.32. The number of fused-ring (bicyclic) bond motifs is 1. The number of aryl methyl sites for hydroxylation is 1. The molecular weight excluding hydrogens is 717 g/mol. The van der Waals surface area contributed by atoms with Gasteiger partial charge in [-0.1, -0.05) is 61.7 Å². The van der Waals surface area contributed by atoms with Gasteiger partial charge in [-0.3, -0.25) is 4.79 Å². The Labute approximate surface area is 321 Å². The van der Waals surface area contributed by atoms with Crippen LogP contribution in [-0.2, 0) is 36.8 Å². The molecule has 0 aromatic heterocycles. The number of carbonyl (C=O) groups excluding carboxylic acids is 3. The average Bonchev–Trinajstić information content (AvgIpc) is 3.16. The maximum Gasteiger partial charge on any atom is 0.408 e. The zero-order chi connectivity index (χ0) is 39.4. The number of thiol groups is 1. The number of phenols is 1. The van der Waals surface area contributed by atoms with Gasteiger partial charge in [-0.05, 0) is 36.6 Å². The molecule has 3 aromatic carbocycles. The fourth-order valence-corrected chi connectivity index (χ4v) is 7.05. The van der Waals surface area contributed by atoms with Crippen molar-refractivity contribution in [3.8, 4) is 28.7 Å². The molecule has 4 rings (SSSR count). The lowest BCUT2D eigenvalue weighted by Gasteiger charge is -2.46. The van der Waals surface area contributed by atoms with E-state index in [2.05, 4.69) is 18.5 Å². The number of benzene rings is 3. The summed E-state index contributed by atoms with van der Waals surface area (Å²) in [5.74, 6) is 0.372. The maximum absolute atomic E-state index is 15.1. The van der Waals surface area contributed by atoms with Crippen LogP contribution in [0.2, 0.25) is 0 Å². The zero-order valence-corrected chi connectivity index (χ0v) is 32.1. The number of carbonyl (C=O) groups is 3. The number of rotatable bonds is 19. The van der Waals surface area contributed by atoms with Crippen LogP contribution in [0.3, 0.4) is 0 Å². The number of aromatic hydroxyl groups is 1. The monoisotopic (exact) mass is 764 g/mol. The molecule has 54 heavy (non-hydrogen) atoms. The van der Waals surface area contributed by atoms with Gasteiger partial charge in [0.05, 0.1) is 38.7 Å². The Kier molecular flexibility index (Phi) is 15.2. The Morgan fingerprint density at radius 1 is 0.944 bits per heavy atom. The van der Waals surface area contributed by atoms with Gasteiger partial charge in [0, 0.05) is 30.2 Å². The van der Waals surface area contributed by atoms with E-state index in [9.17, 15) is 14.7 Å². The van der Waals surface area contributed by atoms with Crippen LogP contribution in [0.5, 0.6) is 28.7 Å². The summed E-state index contributed by atoms with van der Waals surface area (Å²) >= 11 is 4.96. The predicted octanol–water partition coefficient (Wildman–Crippen LogP) is 5.74. The zero-order valence-electron chi connectivity index (χ0n) is 31.2. The van der Waals surface area contributed by atoms with Crippen molar-refractivity contribution in [1.29, 1.82) is 0 Å². The van der Waals surface area contributed by atoms with E-state index in [1.165, 1.54) is 38.4 Å². The molecule has 2 N–H and O–H groups in total. The van der Waals surface area contributed by atoms with Crippen LogP contribution in [-0.4, -0.2) is 88.3 Å². The highest BCUT2D eigenvalue weighted by Gasteiger charge is 2.48. The van der Waals surface area contributed by atoms with Crippen LogP contribution >= 0.6 is 12.6 Å². The second kappa shape index (κ2) is 19.8. The fraction of sp³-hybridized carbons (Fsp3) is 0.375. The van der Waals surface area contributed by atoms with E-state index in [1.54, 1.807) is 26.0 Å². The van der Waals surface area contributed by atoms with Crippen LogP contribution in [0.4, 0.5) is 4.79 Å². The Balaban J connectivity index is 1.96. The molecule has 4 atom stereocenters. The smallest absolute Gasteiger partial charge is 0.408 e. The summed E-state index contributed by atoms with van der Waals surface area (Å²) in [5.41, 5.74) is 3.44. The number of phenolic OH excluding ortho intramolecular Hbond substituents is 1. The van der Waals surface area contributed by atoms with Crippen molar-refractivity contribution in [3.05, 3.63) is 101 Å². The molecule has 14 heteroatoms. The third-order valence-electron chi connectivity index (χ3n) is 8.81. The van der Waals surface area contributed by atoms with Crippen molar-refractivity contribution in [1.82, 2.24) is 10.2 Å². The van der Waals surface area contributed by atoms with Crippen molar-refractivity contribution < 1.29 is 52.6 Å². The minimum Gasteiger partial charge on any atom is -0.504 e. The van der Waals surface area contributed by atoms with Gasteiger partial charge in [-0.25, -0.2) is 4.79 Å². The number of nitrogens with zero attached hydrogens (tertiary/aromatic N) is 1. The number of methoxy groups -OCH3 is 3. The van der Waals surface area contributed by atoms with Crippen molar-refractivity contribution in [2.24, 2.45) is 0 Å². The van der Waals surface area contributed by atoms with Gasteiger partial charge in [0.2, 0.25) is 5.91 Å². The largest absolute Gasteiger partial charge is 0.504 e. The number of alkyl carbamates (subject to hydrolysis) is 1. The van der Waals surface area contributed by atoms with E-state index in [0.717, 1.165) is 5.56 Å². The molecule has 1 heterocycles. The van der Waals surface area contributed by atoms with E-state index < -0.39 is 35.4 Å². The molecule has 0 radical (unpaired) electrons. The summed E-state index contributed by atoms with van der Waals surface area (Å²) in [7, 11) is 4.38. The Hall–Kier alpha value is -5.18. The van der Waals surface area contributed by atoms with Gasteiger partial charge in [0.1, 0.15) is 37.3 Å². The first-order valence-electron chi connectivity index (χ1n) is 17.1. The molecule has 1 aliphatic rings. The lowest BCUT2D eigenvalue weighted by Crippen LogP contribution is -2.57. The third-order valence-corrected chi connectivity index (χ3v) is 9.37. The second-order valence-corrected chi connectivity index (χ2v) is 12.9. The van der Waals surface area contributed by atoms with Gasteiger partial charge in [0.15, 0.2) is 29.8 Å². The summed E-state index contributed by atoms with van der Waals surface area (Å²) < 4.78 is 40.4. The lowest BCUT2D eigenvalue weighted by molar-refractivity contribution is -0.144. The molecule has 0 spiro atoms. The Morgan fingerprint density at radius 2 is 1.65 bits per heavy atom. The standard InChI is InChI=1S/C40H48N2O11S/c1-8-15-51-35-25(4)36(49-7)37(53-23-47-5)32-30(22-50-21-26-13-11-10-12-14-26)42(29(20-43)38(54)33(32)35)39(45)28(41-40(46)52-16-9-2)18-27-17-24(3)34(48-6)31(44)19-27/h8-14,17,19-20,28-30,38,44,54H,1-2,15-16,18,21-23H2,3-7H3,(H,41,46)/t28-,29+,30-,38?/m0/s1. The Bertz CT molecular complexity index is 1780. The van der Waals surface area contributed by atoms with Gasteiger partial charge in [-0.2, -0.15) is 12.6 Å². The molecular formula is C40H48N2O11S. The molecule has 3 aromatic rings. The summed E-state index contributed by atoms with van der Waals surface area (Å²) in [5, 5.41) is 12.4. The van der Waals surface area contributed by atoms with E-state index in [4.69, 9.17) is 45.8 Å². The molecule has 0 bridgehead atoms. The highest BCUT2D eigenvalue weighted by Crippen LogP contribution is 2.55. The lowest BCUT2D eigenvalue weighted by atomic mass is 9.84. The summed E-state index contributed by atoms with van der Waals surface area (Å²) in [6.07, 6.45) is 2.59. The highest BCUT2D eigenvalue weighted by atomic mass is 32.1. The summed E-state index contributed by atoms with van der Waals surface area (Å²) in [4.78, 5) is 42.8. The summed E-state index contributed by atoms with van der Waals surface area (Å²) in [6.45, 7) is 10.7. The van der Waals surface area contributed by atoms with E-state index >= 15 is 4.79 Å². The third kappa shape index (κ3) is 9.30. The molecule has 13 nitrogen and oxygen atoms in total. The molecule has 0 fully saturated rings. The number of hydrogen-bond donors (Lipinski definition) is 3.